The average molecular weight is 275 g/mol. The highest BCUT2D eigenvalue weighted by atomic mass is 32.2. The van der Waals surface area contributed by atoms with Gasteiger partial charge in [0.25, 0.3) is 0 Å². The minimum Gasteiger partial charge on any atom is -0.481 e. The SMILES string of the molecule is CC(C)(CC(=O)O)NS(=O)(=O)c1ccc(F)cc1. The predicted molar refractivity (Wildman–Crippen MR) is 63.1 cm³/mol. The summed E-state index contributed by atoms with van der Waals surface area (Å²) < 4.78 is 38.8. The molecule has 7 heteroatoms. The Balaban J connectivity index is 2.95. The first-order chi connectivity index (χ1) is 8.12. The maximum Gasteiger partial charge on any atom is 0.305 e. The molecule has 0 spiro atoms. The Kier molecular flexibility index (Phi) is 4.08. The van der Waals surface area contributed by atoms with Gasteiger partial charge in [0.05, 0.1) is 11.3 Å². The van der Waals surface area contributed by atoms with Crippen molar-refractivity contribution in [2.45, 2.75) is 30.7 Å². The van der Waals surface area contributed by atoms with Gasteiger partial charge >= 0.3 is 5.97 Å². The van der Waals surface area contributed by atoms with Crippen molar-refractivity contribution in [2.75, 3.05) is 0 Å². The van der Waals surface area contributed by atoms with E-state index in [1.807, 2.05) is 0 Å². The molecule has 0 bridgehead atoms. The first-order valence-corrected chi connectivity index (χ1v) is 6.62. The fourth-order valence-electron chi connectivity index (χ4n) is 1.45. The minimum absolute atomic E-state index is 0.109. The van der Waals surface area contributed by atoms with E-state index in [1.54, 1.807) is 0 Å². The van der Waals surface area contributed by atoms with Crippen LogP contribution in [0.2, 0.25) is 0 Å². The van der Waals surface area contributed by atoms with E-state index < -0.39 is 27.3 Å². The van der Waals surface area contributed by atoms with Gasteiger partial charge < -0.3 is 5.11 Å². The molecule has 0 aliphatic rings. The Labute approximate surface area is 105 Å². The van der Waals surface area contributed by atoms with Crippen LogP contribution in [0.15, 0.2) is 29.2 Å². The summed E-state index contributed by atoms with van der Waals surface area (Å²) in [5.74, 6) is -1.65. The number of carboxylic acids is 1. The van der Waals surface area contributed by atoms with Gasteiger partial charge in [-0.3, -0.25) is 4.79 Å². The normalized spacial score (nSPS) is 12.4. The van der Waals surface area contributed by atoms with Crippen molar-refractivity contribution in [1.29, 1.82) is 0 Å². The van der Waals surface area contributed by atoms with Crippen LogP contribution in [0.25, 0.3) is 0 Å². The first kappa shape index (κ1) is 14.6. The van der Waals surface area contributed by atoms with Crippen LogP contribution in [0.1, 0.15) is 20.3 Å². The fraction of sp³-hybridized carbons (Fsp3) is 0.364. The summed E-state index contributed by atoms with van der Waals surface area (Å²) in [7, 11) is -3.86. The average Bonchev–Trinajstić information content (AvgIpc) is 2.13. The molecule has 1 aromatic carbocycles. The van der Waals surface area contributed by atoms with Gasteiger partial charge in [0.15, 0.2) is 0 Å². The zero-order valence-corrected chi connectivity index (χ0v) is 10.8. The molecule has 0 fully saturated rings. The van der Waals surface area contributed by atoms with Gasteiger partial charge in [-0.25, -0.2) is 17.5 Å². The van der Waals surface area contributed by atoms with Crippen LogP contribution >= 0.6 is 0 Å². The van der Waals surface area contributed by atoms with E-state index >= 15 is 0 Å². The number of benzene rings is 1. The monoisotopic (exact) mass is 275 g/mol. The predicted octanol–water partition coefficient (Wildman–Crippen LogP) is 1.36. The van der Waals surface area contributed by atoms with Gasteiger partial charge in [-0.2, -0.15) is 0 Å². The second kappa shape index (κ2) is 5.03. The molecule has 0 atom stereocenters. The molecule has 1 rings (SSSR count). The summed E-state index contributed by atoms with van der Waals surface area (Å²) in [6.45, 7) is 2.92. The summed E-state index contributed by atoms with van der Waals surface area (Å²) >= 11 is 0. The maximum absolute atomic E-state index is 12.7. The third-order valence-electron chi connectivity index (χ3n) is 2.13. The Hall–Kier alpha value is -1.47. The maximum atomic E-state index is 12.7. The lowest BCUT2D eigenvalue weighted by Gasteiger charge is -2.23. The van der Waals surface area contributed by atoms with Gasteiger partial charge in [-0.1, -0.05) is 0 Å². The Morgan fingerprint density at radius 2 is 1.83 bits per heavy atom. The van der Waals surface area contributed by atoms with Gasteiger partial charge in [0, 0.05) is 5.54 Å². The molecule has 0 aliphatic carbocycles. The van der Waals surface area contributed by atoms with Crippen molar-refractivity contribution < 1.29 is 22.7 Å². The molecule has 2 N–H and O–H groups in total. The Morgan fingerprint density at radius 3 is 2.28 bits per heavy atom. The lowest BCUT2D eigenvalue weighted by molar-refractivity contribution is -0.138. The van der Waals surface area contributed by atoms with Crippen LogP contribution in [0, 0.1) is 5.82 Å². The number of carbonyl (C=O) groups is 1. The summed E-state index contributed by atoms with van der Waals surface area (Å²) in [5.41, 5.74) is -1.13. The number of sulfonamides is 1. The van der Waals surface area contributed by atoms with Crippen LogP contribution in [0.5, 0.6) is 0 Å². The molecule has 1 aromatic rings. The Morgan fingerprint density at radius 1 is 1.33 bits per heavy atom. The van der Waals surface area contributed by atoms with Crippen molar-refractivity contribution in [3.8, 4) is 0 Å². The molecule has 0 unspecified atom stereocenters. The van der Waals surface area contributed by atoms with E-state index in [0.717, 1.165) is 24.3 Å². The minimum atomic E-state index is -3.86. The molecule has 18 heavy (non-hydrogen) atoms. The molecular weight excluding hydrogens is 261 g/mol. The number of aliphatic carboxylic acids is 1. The molecule has 0 radical (unpaired) electrons. The molecule has 0 aliphatic heterocycles. The Bertz CT molecular complexity index is 537. The standard InChI is InChI=1S/C11H14FNO4S/c1-11(2,7-10(14)15)13-18(16,17)9-5-3-8(12)4-6-9/h3-6,13H,7H2,1-2H3,(H,14,15). The van der Waals surface area contributed by atoms with Crippen LogP contribution < -0.4 is 4.72 Å². The van der Waals surface area contributed by atoms with E-state index in [2.05, 4.69) is 4.72 Å². The number of hydrogen-bond acceptors (Lipinski definition) is 3. The van der Waals surface area contributed by atoms with E-state index in [1.165, 1.54) is 13.8 Å². The molecule has 0 heterocycles. The second-order valence-corrected chi connectivity index (χ2v) is 6.20. The smallest absolute Gasteiger partial charge is 0.305 e. The number of halogens is 1. The van der Waals surface area contributed by atoms with Crippen LogP contribution in [0.4, 0.5) is 4.39 Å². The highest BCUT2D eigenvalue weighted by molar-refractivity contribution is 7.89. The molecule has 5 nitrogen and oxygen atoms in total. The number of carboxylic acid groups (broad SMARTS) is 1. The molecular formula is C11H14FNO4S. The number of rotatable bonds is 5. The second-order valence-electron chi connectivity index (χ2n) is 4.51. The quantitative estimate of drug-likeness (QED) is 0.849. The molecule has 0 aromatic heterocycles. The summed E-state index contributed by atoms with van der Waals surface area (Å²) in [6.07, 6.45) is -0.354. The van der Waals surface area contributed by atoms with E-state index in [0.29, 0.717) is 0 Å². The lowest BCUT2D eigenvalue weighted by Crippen LogP contribution is -2.44. The molecule has 0 saturated heterocycles. The van der Waals surface area contributed by atoms with Gasteiger partial charge in [0.1, 0.15) is 5.82 Å². The highest BCUT2D eigenvalue weighted by Crippen LogP contribution is 2.16. The zero-order valence-electron chi connectivity index (χ0n) is 9.97. The van der Waals surface area contributed by atoms with Crippen molar-refractivity contribution in [3.63, 3.8) is 0 Å². The van der Waals surface area contributed by atoms with Crippen LogP contribution in [-0.2, 0) is 14.8 Å². The van der Waals surface area contributed by atoms with E-state index in [-0.39, 0.29) is 11.3 Å². The van der Waals surface area contributed by atoms with Crippen LogP contribution in [0.3, 0.4) is 0 Å². The van der Waals surface area contributed by atoms with Crippen molar-refractivity contribution in [3.05, 3.63) is 30.1 Å². The van der Waals surface area contributed by atoms with Crippen LogP contribution in [-0.4, -0.2) is 25.0 Å². The topological polar surface area (TPSA) is 83.5 Å². The van der Waals surface area contributed by atoms with E-state index in [9.17, 15) is 17.6 Å². The van der Waals surface area contributed by atoms with Gasteiger partial charge in [-0.05, 0) is 38.1 Å². The molecule has 0 saturated carbocycles. The van der Waals surface area contributed by atoms with E-state index in [4.69, 9.17) is 5.11 Å². The number of hydrogen-bond donors (Lipinski definition) is 2. The summed E-state index contributed by atoms with van der Waals surface area (Å²) in [6, 6.07) is 4.29. The molecule has 0 amide bonds. The van der Waals surface area contributed by atoms with Crippen molar-refractivity contribution in [2.24, 2.45) is 0 Å². The molecule has 100 valence electrons. The van der Waals surface area contributed by atoms with Crippen molar-refractivity contribution in [1.82, 2.24) is 4.72 Å². The highest BCUT2D eigenvalue weighted by Gasteiger charge is 2.28. The van der Waals surface area contributed by atoms with Gasteiger partial charge in [0.2, 0.25) is 10.0 Å². The number of nitrogens with one attached hydrogen (secondary N) is 1. The lowest BCUT2D eigenvalue weighted by atomic mass is 10.0. The van der Waals surface area contributed by atoms with Gasteiger partial charge in [-0.15, -0.1) is 0 Å². The summed E-state index contributed by atoms with van der Waals surface area (Å²) in [4.78, 5) is 10.5. The third kappa shape index (κ3) is 4.08. The zero-order chi connectivity index (χ0) is 14.0. The third-order valence-corrected chi connectivity index (χ3v) is 3.84. The van der Waals surface area contributed by atoms with Crippen molar-refractivity contribution >= 4 is 16.0 Å². The first-order valence-electron chi connectivity index (χ1n) is 5.14. The largest absolute Gasteiger partial charge is 0.481 e. The summed E-state index contributed by atoms with van der Waals surface area (Å²) in [5, 5.41) is 8.67. The fourth-order valence-corrected chi connectivity index (χ4v) is 2.86.